The van der Waals surface area contributed by atoms with Crippen LogP contribution in [-0.2, 0) is 16.0 Å². The molecular weight excluding hydrogens is 268 g/mol. The highest BCUT2D eigenvalue weighted by atomic mass is 16.5. The number of benzene rings is 1. The molecule has 112 valence electrons. The van der Waals surface area contributed by atoms with Gasteiger partial charge in [0.05, 0.1) is 25.9 Å². The van der Waals surface area contributed by atoms with E-state index < -0.39 is 0 Å². The van der Waals surface area contributed by atoms with Crippen LogP contribution in [0.2, 0.25) is 0 Å². The number of aromatic amines is 1. The lowest BCUT2D eigenvalue weighted by molar-refractivity contribution is -0.141. The van der Waals surface area contributed by atoms with E-state index >= 15 is 0 Å². The van der Waals surface area contributed by atoms with Crippen molar-refractivity contribution in [1.29, 1.82) is 0 Å². The van der Waals surface area contributed by atoms with E-state index in [2.05, 4.69) is 11.1 Å². The molecule has 1 aromatic heterocycles. The second-order valence-corrected chi connectivity index (χ2v) is 5.36. The first-order chi connectivity index (χ1) is 10.3. The second-order valence-electron chi connectivity index (χ2n) is 5.36. The van der Waals surface area contributed by atoms with Gasteiger partial charge in [-0.25, -0.2) is 0 Å². The molecule has 5 heteroatoms. The molecule has 1 amide bonds. The summed E-state index contributed by atoms with van der Waals surface area (Å²) < 4.78 is 5.30. The molecule has 1 saturated heterocycles. The van der Waals surface area contributed by atoms with E-state index in [1.807, 2.05) is 24.4 Å². The number of nitrogens with one attached hydrogen (secondary N) is 1. The predicted molar refractivity (Wildman–Crippen MR) is 80.0 cm³/mol. The van der Waals surface area contributed by atoms with Gasteiger partial charge >= 0.3 is 0 Å². The van der Waals surface area contributed by atoms with Crippen molar-refractivity contribution in [1.82, 2.24) is 9.88 Å². The Kier molecular flexibility index (Phi) is 4.22. The Morgan fingerprint density at radius 1 is 1.43 bits per heavy atom. The Morgan fingerprint density at radius 3 is 3.14 bits per heavy atom. The summed E-state index contributed by atoms with van der Waals surface area (Å²) in [6.07, 6.45) is 3.14. The first-order valence-corrected chi connectivity index (χ1v) is 7.32. The third-order valence-electron chi connectivity index (χ3n) is 4.04. The lowest BCUT2D eigenvalue weighted by atomic mass is 10.1. The van der Waals surface area contributed by atoms with Crippen molar-refractivity contribution >= 4 is 16.8 Å². The zero-order valence-electron chi connectivity index (χ0n) is 11.9. The van der Waals surface area contributed by atoms with Gasteiger partial charge in [-0.1, -0.05) is 18.2 Å². The summed E-state index contributed by atoms with van der Waals surface area (Å²) in [7, 11) is 0. The maximum absolute atomic E-state index is 12.3. The van der Waals surface area contributed by atoms with E-state index in [4.69, 9.17) is 4.74 Å². The molecule has 0 aliphatic carbocycles. The van der Waals surface area contributed by atoms with E-state index in [1.165, 1.54) is 5.39 Å². The van der Waals surface area contributed by atoms with Gasteiger partial charge in [-0.05, 0) is 18.1 Å². The molecule has 0 bridgehead atoms. The molecule has 1 atom stereocenters. The molecule has 21 heavy (non-hydrogen) atoms. The maximum atomic E-state index is 12.3. The average molecular weight is 288 g/mol. The lowest BCUT2D eigenvalue weighted by Crippen LogP contribution is -2.50. The number of para-hydroxylation sites is 1. The van der Waals surface area contributed by atoms with E-state index in [1.54, 1.807) is 4.90 Å². The van der Waals surface area contributed by atoms with Crippen LogP contribution in [0.4, 0.5) is 0 Å². The largest absolute Gasteiger partial charge is 0.394 e. The van der Waals surface area contributed by atoms with Crippen LogP contribution in [-0.4, -0.2) is 53.3 Å². The van der Waals surface area contributed by atoms with Crippen molar-refractivity contribution in [2.24, 2.45) is 0 Å². The number of hydrogen-bond acceptors (Lipinski definition) is 3. The number of morpholine rings is 1. The number of carbonyl (C=O) groups excluding carboxylic acids is 1. The van der Waals surface area contributed by atoms with E-state index in [9.17, 15) is 9.90 Å². The molecule has 0 spiro atoms. The number of amides is 1. The lowest BCUT2D eigenvalue weighted by Gasteiger charge is -2.34. The second kappa shape index (κ2) is 6.28. The minimum atomic E-state index is -0.200. The number of aliphatic hydroxyl groups excluding tert-OH is 1. The van der Waals surface area contributed by atoms with E-state index in [0.717, 1.165) is 11.1 Å². The van der Waals surface area contributed by atoms with Crippen LogP contribution in [0.15, 0.2) is 30.5 Å². The number of H-pyrrole nitrogens is 1. The highest BCUT2D eigenvalue weighted by molar-refractivity contribution is 5.84. The molecule has 1 aromatic carbocycles. The average Bonchev–Trinajstić information content (AvgIpc) is 2.96. The van der Waals surface area contributed by atoms with Gasteiger partial charge in [0.2, 0.25) is 5.91 Å². The standard InChI is InChI=1S/C16H20N2O3/c19-10-13-11-21-8-7-18(13)16(20)6-5-12-9-17-15-4-2-1-3-14(12)15/h1-4,9,13,17,19H,5-8,10-11H2. The molecule has 3 rings (SSSR count). The van der Waals surface area contributed by atoms with Gasteiger partial charge < -0.3 is 19.7 Å². The van der Waals surface area contributed by atoms with Gasteiger partial charge in [0.15, 0.2) is 0 Å². The molecule has 5 nitrogen and oxygen atoms in total. The number of ether oxygens (including phenoxy) is 1. The minimum Gasteiger partial charge on any atom is -0.394 e. The number of aryl methyl sites for hydroxylation is 1. The fourth-order valence-electron chi connectivity index (χ4n) is 2.86. The summed E-state index contributed by atoms with van der Waals surface area (Å²) in [6.45, 7) is 1.50. The first-order valence-electron chi connectivity index (χ1n) is 7.32. The number of hydrogen-bond donors (Lipinski definition) is 2. The molecule has 0 radical (unpaired) electrons. The van der Waals surface area contributed by atoms with Crippen molar-refractivity contribution in [3.05, 3.63) is 36.0 Å². The zero-order chi connectivity index (χ0) is 14.7. The van der Waals surface area contributed by atoms with Crippen molar-refractivity contribution in [2.75, 3.05) is 26.4 Å². The van der Waals surface area contributed by atoms with Crippen LogP contribution in [0.25, 0.3) is 10.9 Å². The van der Waals surface area contributed by atoms with Gasteiger partial charge in [-0.15, -0.1) is 0 Å². The topological polar surface area (TPSA) is 65.6 Å². The van der Waals surface area contributed by atoms with Crippen molar-refractivity contribution in [3.63, 3.8) is 0 Å². The Bertz CT molecular complexity index is 623. The van der Waals surface area contributed by atoms with Gasteiger partial charge in [0.25, 0.3) is 0 Å². The normalized spacial score (nSPS) is 19.1. The van der Waals surface area contributed by atoms with Gasteiger partial charge in [-0.3, -0.25) is 4.79 Å². The Balaban J connectivity index is 1.65. The van der Waals surface area contributed by atoms with Crippen LogP contribution in [0, 0.1) is 0 Å². The molecule has 2 heterocycles. The summed E-state index contributed by atoms with van der Waals surface area (Å²) in [5, 5.41) is 10.5. The summed E-state index contributed by atoms with van der Waals surface area (Å²) in [5.41, 5.74) is 2.26. The Hall–Kier alpha value is -1.85. The van der Waals surface area contributed by atoms with Gasteiger partial charge in [0.1, 0.15) is 0 Å². The molecule has 1 fully saturated rings. The number of aliphatic hydroxyl groups is 1. The van der Waals surface area contributed by atoms with E-state index in [0.29, 0.717) is 32.6 Å². The number of carbonyl (C=O) groups is 1. The van der Waals surface area contributed by atoms with Crippen LogP contribution in [0.1, 0.15) is 12.0 Å². The summed E-state index contributed by atoms with van der Waals surface area (Å²) in [6, 6.07) is 7.90. The third-order valence-corrected chi connectivity index (χ3v) is 4.04. The molecule has 1 aliphatic rings. The molecule has 2 aromatic rings. The number of fused-ring (bicyclic) bond motifs is 1. The van der Waals surface area contributed by atoms with Crippen LogP contribution < -0.4 is 0 Å². The highest BCUT2D eigenvalue weighted by Gasteiger charge is 2.26. The van der Waals surface area contributed by atoms with Crippen molar-refractivity contribution in [3.8, 4) is 0 Å². The number of rotatable bonds is 4. The van der Waals surface area contributed by atoms with Gasteiger partial charge in [-0.2, -0.15) is 0 Å². The highest BCUT2D eigenvalue weighted by Crippen LogP contribution is 2.19. The fraction of sp³-hybridized carbons (Fsp3) is 0.438. The molecule has 1 aliphatic heterocycles. The van der Waals surface area contributed by atoms with Crippen molar-refractivity contribution < 1.29 is 14.6 Å². The molecule has 2 N–H and O–H groups in total. The van der Waals surface area contributed by atoms with Gasteiger partial charge in [0, 0.05) is 30.1 Å². The van der Waals surface area contributed by atoms with Crippen LogP contribution >= 0.6 is 0 Å². The van der Waals surface area contributed by atoms with Crippen LogP contribution in [0.5, 0.6) is 0 Å². The number of nitrogens with zero attached hydrogens (tertiary/aromatic N) is 1. The molecule has 0 saturated carbocycles. The van der Waals surface area contributed by atoms with Crippen LogP contribution in [0.3, 0.4) is 0 Å². The minimum absolute atomic E-state index is 0.0428. The quantitative estimate of drug-likeness (QED) is 0.892. The number of aromatic nitrogens is 1. The Morgan fingerprint density at radius 2 is 2.29 bits per heavy atom. The fourth-order valence-corrected chi connectivity index (χ4v) is 2.86. The SMILES string of the molecule is O=C(CCc1c[nH]c2ccccc12)N1CCOCC1CO. The van der Waals surface area contributed by atoms with Crippen molar-refractivity contribution in [2.45, 2.75) is 18.9 Å². The summed E-state index contributed by atoms with van der Waals surface area (Å²) in [4.78, 5) is 17.3. The monoisotopic (exact) mass is 288 g/mol. The maximum Gasteiger partial charge on any atom is 0.223 e. The smallest absolute Gasteiger partial charge is 0.223 e. The van der Waals surface area contributed by atoms with E-state index in [-0.39, 0.29) is 18.6 Å². The first kappa shape index (κ1) is 14.1. The summed E-state index contributed by atoms with van der Waals surface area (Å²) >= 11 is 0. The molecular formula is C16H20N2O3. The third kappa shape index (κ3) is 2.94. The zero-order valence-corrected chi connectivity index (χ0v) is 11.9. The Labute approximate surface area is 123 Å². The molecule has 1 unspecified atom stereocenters. The summed E-state index contributed by atoms with van der Waals surface area (Å²) in [5.74, 6) is 0.0858. The predicted octanol–water partition coefficient (Wildman–Crippen LogP) is 1.32.